The molecular formula is C18H18IN3O2. The van der Waals surface area contributed by atoms with Crippen molar-refractivity contribution in [3.05, 3.63) is 63.2 Å². The summed E-state index contributed by atoms with van der Waals surface area (Å²) in [7, 11) is 0. The fourth-order valence-corrected chi connectivity index (χ4v) is 2.40. The van der Waals surface area contributed by atoms with Crippen LogP contribution in [-0.4, -0.2) is 17.5 Å². The van der Waals surface area contributed by atoms with Crippen LogP contribution in [0.25, 0.3) is 0 Å². The molecule has 2 rings (SSSR count). The maximum absolute atomic E-state index is 12.1. The lowest BCUT2D eigenvalue weighted by molar-refractivity contribution is -0.115. The number of halogens is 1. The van der Waals surface area contributed by atoms with E-state index in [1.165, 1.54) is 0 Å². The molecule has 2 aromatic rings. The number of carbonyl (C=O) groups excluding carboxylic acids is 2. The van der Waals surface area contributed by atoms with E-state index in [9.17, 15) is 9.59 Å². The van der Waals surface area contributed by atoms with Gasteiger partial charge >= 0.3 is 0 Å². The van der Waals surface area contributed by atoms with Gasteiger partial charge in [-0.3, -0.25) is 9.59 Å². The van der Waals surface area contributed by atoms with Gasteiger partial charge in [0.1, 0.15) is 0 Å². The fourth-order valence-electron chi connectivity index (χ4n) is 2.04. The number of amides is 2. The molecule has 2 aromatic carbocycles. The standard InChI is InChI=1S/C18H18IN3O2/c1-12-5-3-4-6-16(12)18(24)22-21-13(2)11-17(23)20-15-9-7-14(19)8-10-15/h3-10H,11H2,1-2H3,(H,20,23)(H,22,24)/b21-13-. The predicted octanol–water partition coefficient (Wildman–Crippen LogP) is 3.73. The van der Waals surface area contributed by atoms with Crippen LogP contribution in [0.3, 0.4) is 0 Å². The number of nitrogens with one attached hydrogen (secondary N) is 2. The minimum atomic E-state index is -0.287. The number of anilines is 1. The van der Waals surface area contributed by atoms with E-state index in [0.29, 0.717) is 11.3 Å². The molecule has 0 unspecified atom stereocenters. The Balaban J connectivity index is 1.89. The highest BCUT2D eigenvalue weighted by Gasteiger charge is 2.08. The lowest BCUT2D eigenvalue weighted by Gasteiger charge is -2.06. The third-order valence-corrected chi connectivity index (χ3v) is 4.00. The van der Waals surface area contributed by atoms with Crippen molar-refractivity contribution in [3.63, 3.8) is 0 Å². The number of carbonyl (C=O) groups is 2. The van der Waals surface area contributed by atoms with Crippen LogP contribution in [0.2, 0.25) is 0 Å². The van der Waals surface area contributed by atoms with Gasteiger partial charge in [0.05, 0.1) is 6.42 Å². The summed E-state index contributed by atoms with van der Waals surface area (Å²) >= 11 is 2.20. The third-order valence-electron chi connectivity index (χ3n) is 3.28. The van der Waals surface area contributed by atoms with Crippen LogP contribution in [0.15, 0.2) is 53.6 Å². The molecule has 0 aromatic heterocycles. The molecular weight excluding hydrogens is 417 g/mol. The van der Waals surface area contributed by atoms with Gasteiger partial charge in [0.2, 0.25) is 5.91 Å². The van der Waals surface area contributed by atoms with Gasteiger partial charge in [-0.1, -0.05) is 18.2 Å². The lowest BCUT2D eigenvalue weighted by atomic mass is 10.1. The Morgan fingerprint density at radius 1 is 1.08 bits per heavy atom. The average molecular weight is 435 g/mol. The van der Waals surface area contributed by atoms with E-state index in [4.69, 9.17) is 0 Å². The summed E-state index contributed by atoms with van der Waals surface area (Å²) in [6, 6.07) is 14.8. The summed E-state index contributed by atoms with van der Waals surface area (Å²) in [6.45, 7) is 3.56. The Kier molecular flexibility index (Phi) is 6.48. The second-order valence-corrected chi connectivity index (χ2v) is 6.58. The quantitative estimate of drug-likeness (QED) is 0.427. The van der Waals surface area contributed by atoms with E-state index in [2.05, 4.69) is 38.4 Å². The molecule has 0 bridgehead atoms. The monoisotopic (exact) mass is 435 g/mol. The van der Waals surface area contributed by atoms with E-state index in [1.807, 2.05) is 43.3 Å². The number of hydrazone groups is 1. The maximum Gasteiger partial charge on any atom is 0.271 e. The number of hydrogen-bond donors (Lipinski definition) is 2. The zero-order chi connectivity index (χ0) is 17.5. The van der Waals surface area contributed by atoms with Gasteiger partial charge in [-0.25, -0.2) is 5.43 Å². The molecule has 0 aliphatic heterocycles. The SMILES string of the molecule is C/C(CC(=O)Nc1ccc(I)cc1)=N/NC(=O)c1ccccc1C. The minimum Gasteiger partial charge on any atom is -0.326 e. The minimum absolute atomic E-state index is 0.111. The van der Waals surface area contributed by atoms with Gasteiger partial charge in [-0.2, -0.15) is 5.10 Å². The number of benzene rings is 2. The summed E-state index contributed by atoms with van der Waals surface area (Å²) in [5.74, 6) is -0.465. The maximum atomic E-state index is 12.1. The van der Waals surface area contributed by atoms with Gasteiger partial charge in [0, 0.05) is 20.5 Å². The van der Waals surface area contributed by atoms with Crippen molar-refractivity contribution in [1.29, 1.82) is 0 Å². The van der Waals surface area contributed by atoms with E-state index in [-0.39, 0.29) is 18.2 Å². The predicted molar refractivity (Wildman–Crippen MR) is 104 cm³/mol. The van der Waals surface area contributed by atoms with Gasteiger partial charge in [-0.05, 0) is 72.3 Å². The highest BCUT2D eigenvalue weighted by Crippen LogP contribution is 2.11. The van der Waals surface area contributed by atoms with Gasteiger partial charge < -0.3 is 5.32 Å². The van der Waals surface area contributed by atoms with Crippen LogP contribution >= 0.6 is 22.6 Å². The number of aryl methyl sites for hydroxylation is 1. The fraction of sp³-hybridized carbons (Fsp3) is 0.167. The number of nitrogens with zero attached hydrogens (tertiary/aromatic N) is 1. The Morgan fingerprint density at radius 2 is 1.75 bits per heavy atom. The summed E-state index contributed by atoms with van der Waals surface area (Å²) in [6.07, 6.45) is 0.111. The second-order valence-electron chi connectivity index (χ2n) is 5.33. The molecule has 0 aliphatic rings. The molecule has 0 saturated carbocycles. The Bertz CT molecular complexity index is 770. The van der Waals surface area contributed by atoms with Gasteiger partial charge in [0.25, 0.3) is 5.91 Å². The van der Waals surface area contributed by atoms with Crippen molar-refractivity contribution in [3.8, 4) is 0 Å². The van der Waals surface area contributed by atoms with Crippen molar-refractivity contribution < 1.29 is 9.59 Å². The van der Waals surface area contributed by atoms with Crippen LogP contribution in [0.1, 0.15) is 29.3 Å². The molecule has 124 valence electrons. The zero-order valence-electron chi connectivity index (χ0n) is 13.5. The van der Waals surface area contributed by atoms with Gasteiger partial charge in [0.15, 0.2) is 0 Å². The van der Waals surface area contributed by atoms with E-state index >= 15 is 0 Å². The van der Waals surface area contributed by atoms with Crippen LogP contribution < -0.4 is 10.7 Å². The summed E-state index contributed by atoms with van der Waals surface area (Å²) in [5.41, 5.74) is 5.19. The van der Waals surface area contributed by atoms with Crippen LogP contribution in [-0.2, 0) is 4.79 Å². The summed E-state index contributed by atoms with van der Waals surface area (Å²) in [5, 5.41) is 6.79. The normalized spacial score (nSPS) is 11.0. The van der Waals surface area contributed by atoms with E-state index in [0.717, 1.165) is 14.8 Å². The molecule has 5 nitrogen and oxygen atoms in total. The van der Waals surface area contributed by atoms with Crippen molar-refractivity contribution in [2.24, 2.45) is 5.10 Å². The highest BCUT2D eigenvalue weighted by atomic mass is 127. The molecule has 0 saturated heterocycles. The molecule has 0 fully saturated rings. The molecule has 0 heterocycles. The largest absolute Gasteiger partial charge is 0.326 e. The van der Waals surface area contributed by atoms with Gasteiger partial charge in [-0.15, -0.1) is 0 Å². The van der Waals surface area contributed by atoms with Crippen LogP contribution in [0, 0.1) is 10.5 Å². The molecule has 0 radical (unpaired) electrons. The lowest BCUT2D eigenvalue weighted by Crippen LogP contribution is -2.22. The zero-order valence-corrected chi connectivity index (χ0v) is 15.6. The smallest absolute Gasteiger partial charge is 0.271 e. The van der Waals surface area contributed by atoms with Crippen LogP contribution in [0.5, 0.6) is 0 Å². The van der Waals surface area contributed by atoms with Crippen molar-refractivity contribution in [2.75, 3.05) is 5.32 Å². The molecule has 2 amide bonds. The Hall–Kier alpha value is -2.22. The van der Waals surface area contributed by atoms with Crippen LogP contribution in [0.4, 0.5) is 5.69 Å². The molecule has 0 spiro atoms. The first kappa shape index (κ1) is 18.1. The van der Waals surface area contributed by atoms with E-state index < -0.39 is 0 Å². The number of hydrogen-bond acceptors (Lipinski definition) is 3. The van der Waals surface area contributed by atoms with Crippen molar-refractivity contribution in [1.82, 2.24) is 5.43 Å². The average Bonchev–Trinajstić information content (AvgIpc) is 2.55. The summed E-state index contributed by atoms with van der Waals surface area (Å²) in [4.78, 5) is 24.0. The first-order valence-corrected chi connectivity index (χ1v) is 8.48. The Labute approximate surface area is 154 Å². The Morgan fingerprint density at radius 3 is 2.42 bits per heavy atom. The second kappa shape index (κ2) is 8.58. The highest BCUT2D eigenvalue weighted by molar-refractivity contribution is 14.1. The molecule has 6 heteroatoms. The molecule has 0 atom stereocenters. The third kappa shape index (κ3) is 5.45. The molecule has 0 aliphatic carbocycles. The van der Waals surface area contributed by atoms with E-state index in [1.54, 1.807) is 19.1 Å². The first-order valence-electron chi connectivity index (χ1n) is 7.40. The summed E-state index contributed by atoms with van der Waals surface area (Å²) < 4.78 is 1.10. The molecule has 2 N–H and O–H groups in total. The first-order chi connectivity index (χ1) is 11.5. The molecule has 24 heavy (non-hydrogen) atoms. The van der Waals surface area contributed by atoms with Crippen molar-refractivity contribution in [2.45, 2.75) is 20.3 Å². The number of rotatable bonds is 5. The van der Waals surface area contributed by atoms with Crippen molar-refractivity contribution >= 4 is 45.8 Å². The topological polar surface area (TPSA) is 70.6 Å².